The van der Waals surface area contributed by atoms with E-state index < -0.39 is 0 Å². The molecule has 1 unspecified atom stereocenters. The predicted molar refractivity (Wildman–Crippen MR) is 79.2 cm³/mol. The minimum Gasteiger partial charge on any atom is -0.496 e. The normalized spacial score (nSPS) is 14.9. The van der Waals surface area contributed by atoms with E-state index in [2.05, 4.69) is 0 Å². The summed E-state index contributed by atoms with van der Waals surface area (Å²) in [7, 11) is 1.65. The fourth-order valence-corrected chi connectivity index (χ4v) is 3.69. The summed E-state index contributed by atoms with van der Waals surface area (Å²) in [5, 5.41) is 2.38. The monoisotopic (exact) mass is 314 g/mol. The van der Waals surface area contributed by atoms with Gasteiger partial charge in [0, 0.05) is 27.3 Å². The summed E-state index contributed by atoms with van der Waals surface area (Å²) < 4.78 is 10.9. The number of benzene rings is 1. The largest absolute Gasteiger partial charge is 0.496 e. The summed E-state index contributed by atoms with van der Waals surface area (Å²) in [5.74, 6) is 1.71. The molecular formula is C14H12Cl2O2S. The van der Waals surface area contributed by atoms with Gasteiger partial charge in [-0.1, -0.05) is 11.6 Å². The molecule has 2 aromatic rings. The SMILES string of the molecule is COc1csc(C(Cl)c2cc(Cl)cc3c2OCC3)c1. The van der Waals surface area contributed by atoms with Crippen LogP contribution < -0.4 is 9.47 Å². The van der Waals surface area contributed by atoms with Crippen LogP contribution in [-0.2, 0) is 6.42 Å². The summed E-state index contributed by atoms with van der Waals surface area (Å²) in [6.07, 6.45) is 0.889. The second-order valence-electron chi connectivity index (χ2n) is 4.33. The highest BCUT2D eigenvalue weighted by Crippen LogP contribution is 2.43. The minimum atomic E-state index is -0.264. The molecule has 2 nitrogen and oxygen atoms in total. The Balaban J connectivity index is 2.02. The summed E-state index contributed by atoms with van der Waals surface area (Å²) in [6.45, 7) is 0.694. The Morgan fingerprint density at radius 2 is 2.21 bits per heavy atom. The summed E-state index contributed by atoms with van der Waals surface area (Å²) in [4.78, 5) is 1.03. The second kappa shape index (κ2) is 5.23. The number of hydrogen-bond acceptors (Lipinski definition) is 3. The number of methoxy groups -OCH3 is 1. The van der Waals surface area contributed by atoms with E-state index >= 15 is 0 Å². The molecule has 0 saturated heterocycles. The van der Waals surface area contributed by atoms with E-state index in [1.807, 2.05) is 23.6 Å². The van der Waals surface area contributed by atoms with Crippen LogP contribution in [-0.4, -0.2) is 13.7 Å². The van der Waals surface area contributed by atoms with Gasteiger partial charge >= 0.3 is 0 Å². The van der Waals surface area contributed by atoms with Crippen molar-refractivity contribution >= 4 is 34.5 Å². The minimum absolute atomic E-state index is 0.264. The van der Waals surface area contributed by atoms with Crippen molar-refractivity contribution < 1.29 is 9.47 Å². The maximum absolute atomic E-state index is 6.57. The molecule has 1 aliphatic heterocycles. The molecule has 0 aliphatic carbocycles. The van der Waals surface area contributed by atoms with Gasteiger partial charge in [-0.05, 0) is 23.8 Å². The van der Waals surface area contributed by atoms with Gasteiger partial charge in [-0.25, -0.2) is 0 Å². The Morgan fingerprint density at radius 1 is 1.37 bits per heavy atom. The van der Waals surface area contributed by atoms with Gasteiger partial charge in [0.05, 0.1) is 19.1 Å². The maximum Gasteiger partial charge on any atom is 0.129 e. The lowest BCUT2D eigenvalue weighted by Crippen LogP contribution is -1.96. The summed E-state index contributed by atoms with van der Waals surface area (Å²) in [6, 6.07) is 5.78. The number of hydrogen-bond donors (Lipinski definition) is 0. The van der Waals surface area contributed by atoms with Gasteiger partial charge in [-0.3, -0.25) is 0 Å². The molecule has 1 atom stereocenters. The van der Waals surface area contributed by atoms with E-state index in [4.69, 9.17) is 32.7 Å². The molecule has 0 radical (unpaired) electrons. The predicted octanol–water partition coefficient (Wildman–Crippen LogP) is 4.67. The van der Waals surface area contributed by atoms with Crippen molar-refractivity contribution in [2.75, 3.05) is 13.7 Å². The number of rotatable bonds is 3. The molecule has 0 amide bonds. The van der Waals surface area contributed by atoms with Gasteiger partial charge in [-0.15, -0.1) is 22.9 Å². The van der Waals surface area contributed by atoms with Gasteiger partial charge in [0.2, 0.25) is 0 Å². The number of fused-ring (bicyclic) bond motifs is 1. The van der Waals surface area contributed by atoms with Crippen molar-refractivity contribution in [2.45, 2.75) is 11.8 Å². The fourth-order valence-electron chi connectivity index (χ4n) is 2.21. The highest BCUT2D eigenvalue weighted by Gasteiger charge is 2.24. The third-order valence-corrected chi connectivity index (χ3v) is 4.93. The third-order valence-electron chi connectivity index (χ3n) is 3.13. The standard InChI is InChI=1S/C14H12Cl2O2S/c1-17-10-6-12(19-7-10)13(16)11-5-9(15)4-8-2-3-18-14(8)11/h4-7,13H,2-3H2,1H3. The zero-order chi connectivity index (χ0) is 13.4. The molecule has 100 valence electrons. The first-order valence-corrected chi connectivity index (χ1v) is 7.60. The number of ether oxygens (including phenoxy) is 2. The molecule has 0 saturated carbocycles. The first kappa shape index (κ1) is 13.1. The first-order valence-electron chi connectivity index (χ1n) is 5.90. The second-order valence-corrected chi connectivity index (χ2v) is 6.15. The smallest absolute Gasteiger partial charge is 0.129 e. The Hall–Kier alpha value is -0.900. The molecule has 0 spiro atoms. The Kier molecular flexibility index (Phi) is 3.61. The van der Waals surface area contributed by atoms with Crippen LogP contribution in [0.3, 0.4) is 0 Å². The molecule has 0 fully saturated rings. The van der Waals surface area contributed by atoms with Crippen LogP contribution in [0.1, 0.15) is 21.4 Å². The fraction of sp³-hybridized carbons (Fsp3) is 0.286. The Bertz CT molecular complexity index is 609. The lowest BCUT2D eigenvalue weighted by Gasteiger charge is -2.13. The van der Waals surface area contributed by atoms with Gasteiger partial charge in [0.25, 0.3) is 0 Å². The zero-order valence-electron chi connectivity index (χ0n) is 10.3. The molecule has 1 aliphatic rings. The highest BCUT2D eigenvalue weighted by atomic mass is 35.5. The number of thiophene rings is 1. The van der Waals surface area contributed by atoms with Crippen LogP contribution in [0.2, 0.25) is 5.02 Å². The average molecular weight is 315 g/mol. The molecular weight excluding hydrogens is 303 g/mol. The van der Waals surface area contributed by atoms with Crippen molar-refractivity contribution in [1.29, 1.82) is 0 Å². The van der Waals surface area contributed by atoms with Crippen molar-refractivity contribution in [2.24, 2.45) is 0 Å². The summed E-state index contributed by atoms with van der Waals surface area (Å²) >= 11 is 14.3. The van der Waals surface area contributed by atoms with Crippen molar-refractivity contribution in [3.8, 4) is 11.5 Å². The van der Waals surface area contributed by atoms with Crippen LogP contribution >= 0.6 is 34.5 Å². The quantitative estimate of drug-likeness (QED) is 0.766. The molecule has 0 bridgehead atoms. The van der Waals surface area contributed by atoms with Gasteiger partial charge in [0.15, 0.2) is 0 Å². The van der Waals surface area contributed by atoms with Gasteiger partial charge < -0.3 is 9.47 Å². The average Bonchev–Trinajstić information content (AvgIpc) is 3.04. The molecule has 1 aromatic heterocycles. The van der Waals surface area contributed by atoms with E-state index in [1.165, 1.54) is 0 Å². The first-order chi connectivity index (χ1) is 9.19. The van der Waals surface area contributed by atoms with Crippen LogP contribution in [0.5, 0.6) is 11.5 Å². The van der Waals surface area contributed by atoms with E-state index in [1.54, 1.807) is 18.4 Å². The van der Waals surface area contributed by atoms with Crippen LogP contribution in [0.25, 0.3) is 0 Å². The number of alkyl halides is 1. The Labute approximate surface area is 125 Å². The number of halogens is 2. The van der Waals surface area contributed by atoms with Crippen molar-refractivity contribution in [3.63, 3.8) is 0 Å². The molecule has 3 rings (SSSR count). The topological polar surface area (TPSA) is 18.5 Å². The molecule has 19 heavy (non-hydrogen) atoms. The Morgan fingerprint density at radius 3 is 2.95 bits per heavy atom. The van der Waals surface area contributed by atoms with Crippen LogP contribution in [0, 0.1) is 0 Å². The van der Waals surface area contributed by atoms with Crippen LogP contribution in [0.4, 0.5) is 0 Å². The molecule has 5 heteroatoms. The lowest BCUT2D eigenvalue weighted by atomic mass is 10.0. The highest BCUT2D eigenvalue weighted by molar-refractivity contribution is 7.10. The summed E-state index contributed by atoms with van der Waals surface area (Å²) in [5.41, 5.74) is 2.07. The lowest BCUT2D eigenvalue weighted by molar-refractivity contribution is 0.353. The van der Waals surface area contributed by atoms with E-state index in [-0.39, 0.29) is 5.38 Å². The maximum atomic E-state index is 6.57. The van der Waals surface area contributed by atoms with Crippen molar-refractivity contribution in [3.05, 3.63) is 44.6 Å². The van der Waals surface area contributed by atoms with Gasteiger partial charge in [-0.2, -0.15) is 0 Å². The zero-order valence-corrected chi connectivity index (χ0v) is 12.6. The van der Waals surface area contributed by atoms with Crippen molar-refractivity contribution in [1.82, 2.24) is 0 Å². The van der Waals surface area contributed by atoms with E-state index in [0.29, 0.717) is 11.6 Å². The van der Waals surface area contributed by atoms with Crippen LogP contribution in [0.15, 0.2) is 23.6 Å². The molecule has 2 heterocycles. The van der Waals surface area contributed by atoms with E-state index in [0.717, 1.165) is 33.9 Å². The molecule has 0 N–H and O–H groups in total. The van der Waals surface area contributed by atoms with Gasteiger partial charge in [0.1, 0.15) is 11.5 Å². The third kappa shape index (κ3) is 2.42. The molecule has 1 aromatic carbocycles. The van der Waals surface area contributed by atoms with E-state index in [9.17, 15) is 0 Å².